The van der Waals surface area contributed by atoms with Crippen molar-refractivity contribution in [3.63, 3.8) is 0 Å². The van der Waals surface area contributed by atoms with E-state index in [0.29, 0.717) is 21.9 Å². The van der Waals surface area contributed by atoms with E-state index in [0.717, 1.165) is 0 Å². The standard InChI is InChI=1S/C24H23ClO9/c1-13(26)31-20-12-30-24(23(33-15(3)28)22(20)32-14(2)27)34-19-10-6-17(7-11-19)21(29)16-4-8-18(25)9-5-16/h4-11,20,22-24H,12H2,1-3H3/t20-,22+,23-,24+/m1/s1. The number of rotatable bonds is 7. The zero-order valence-corrected chi connectivity index (χ0v) is 19.4. The molecule has 0 N–H and O–H groups in total. The van der Waals surface area contributed by atoms with Crippen LogP contribution in [0, 0.1) is 0 Å². The number of carbonyl (C=O) groups is 4. The minimum Gasteiger partial charge on any atom is -0.461 e. The highest BCUT2D eigenvalue weighted by Gasteiger charge is 2.48. The van der Waals surface area contributed by atoms with Gasteiger partial charge < -0.3 is 23.7 Å². The molecule has 0 aromatic heterocycles. The summed E-state index contributed by atoms with van der Waals surface area (Å²) in [4.78, 5) is 47.5. The summed E-state index contributed by atoms with van der Waals surface area (Å²) in [6.45, 7) is 3.39. The topological polar surface area (TPSA) is 114 Å². The average Bonchev–Trinajstić information content (AvgIpc) is 2.77. The number of hydrogen-bond acceptors (Lipinski definition) is 9. The van der Waals surface area contributed by atoms with Crippen LogP contribution >= 0.6 is 11.6 Å². The summed E-state index contributed by atoms with van der Waals surface area (Å²) in [7, 11) is 0. The van der Waals surface area contributed by atoms with Gasteiger partial charge in [-0.2, -0.15) is 0 Å². The van der Waals surface area contributed by atoms with Crippen LogP contribution in [0.25, 0.3) is 0 Å². The molecule has 1 saturated heterocycles. The van der Waals surface area contributed by atoms with E-state index in [1.165, 1.54) is 20.8 Å². The summed E-state index contributed by atoms with van der Waals surface area (Å²) in [5.41, 5.74) is 0.896. The third kappa shape index (κ3) is 6.55. The maximum Gasteiger partial charge on any atom is 0.303 e. The highest BCUT2D eigenvalue weighted by Crippen LogP contribution is 2.27. The lowest BCUT2D eigenvalue weighted by molar-refractivity contribution is -0.259. The predicted octanol–water partition coefficient (Wildman–Crippen LogP) is 3.10. The van der Waals surface area contributed by atoms with E-state index in [1.807, 2.05) is 0 Å². The van der Waals surface area contributed by atoms with Crippen molar-refractivity contribution < 1.29 is 42.9 Å². The third-order valence-corrected chi connectivity index (χ3v) is 5.03. The zero-order valence-electron chi connectivity index (χ0n) is 18.7. The maximum absolute atomic E-state index is 12.6. The molecule has 2 aromatic carbocycles. The molecule has 4 atom stereocenters. The van der Waals surface area contributed by atoms with E-state index >= 15 is 0 Å². The van der Waals surface area contributed by atoms with Crippen LogP contribution in [-0.2, 0) is 33.3 Å². The fourth-order valence-electron chi connectivity index (χ4n) is 3.40. The molecule has 0 aliphatic carbocycles. The molecule has 0 saturated carbocycles. The van der Waals surface area contributed by atoms with Crippen molar-refractivity contribution in [3.8, 4) is 5.75 Å². The van der Waals surface area contributed by atoms with E-state index < -0.39 is 42.5 Å². The van der Waals surface area contributed by atoms with Crippen LogP contribution in [0.2, 0.25) is 5.02 Å². The van der Waals surface area contributed by atoms with Crippen molar-refractivity contribution in [2.24, 2.45) is 0 Å². The van der Waals surface area contributed by atoms with Gasteiger partial charge in [0.05, 0.1) is 6.61 Å². The molecule has 0 unspecified atom stereocenters. The normalized spacial score (nSPS) is 21.8. The fourth-order valence-corrected chi connectivity index (χ4v) is 3.52. The van der Waals surface area contributed by atoms with Crippen molar-refractivity contribution >= 4 is 35.3 Å². The molecule has 0 radical (unpaired) electrons. The second kappa shape index (κ2) is 11.1. The van der Waals surface area contributed by atoms with Crippen molar-refractivity contribution in [2.45, 2.75) is 45.4 Å². The minimum atomic E-state index is -1.21. The molecule has 0 amide bonds. The second-order valence-corrected chi connectivity index (χ2v) is 7.91. The first-order chi connectivity index (χ1) is 16.1. The molecule has 0 bridgehead atoms. The summed E-state index contributed by atoms with van der Waals surface area (Å²) in [5, 5.41) is 0.526. The highest BCUT2D eigenvalue weighted by molar-refractivity contribution is 6.30. The number of benzene rings is 2. The van der Waals surface area contributed by atoms with Crippen LogP contribution in [0.4, 0.5) is 0 Å². The molecular formula is C24H23ClO9. The monoisotopic (exact) mass is 490 g/mol. The van der Waals surface area contributed by atoms with Crippen LogP contribution in [0.5, 0.6) is 5.75 Å². The van der Waals surface area contributed by atoms with Gasteiger partial charge in [0.2, 0.25) is 12.4 Å². The molecule has 1 fully saturated rings. The van der Waals surface area contributed by atoms with E-state index in [4.69, 9.17) is 35.3 Å². The maximum atomic E-state index is 12.6. The number of carbonyl (C=O) groups excluding carboxylic acids is 4. The largest absolute Gasteiger partial charge is 0.461 e. The van der Waals surface area contributed by atoms with Gasteiger partial charge in [0.25, 0.3) is 0 Å². The number of ether oxygens (including phenoxy) is 5. The first kappa shape index (κ1) is 25.2. The number of esters is 3. The summed E-state index contributed by atoms with van der Waals surface area (Å²) in [6, 6.07) is 12.8. The molecule has 1 heterocycles. The van der Waals surface area contributed by atoms with Crippen molar-refractivity contribution in [3.05, 3.63) is 64.7 Å². The Morgan fingerprint density at radius 2 is 1.26 bits per heavy atom. The summed E-state index contributed by atoms with van der Waals surface area (Å²) in [5.74, 6) is -1.85. The van der Waals surface area contributed by atoms with E-state index in [1.54, 1.807) is 48.5 Å². The van der Waals surface area contributed by atoms with Crippen molar-refractivity contribution in [1.82, 2.24) is 0 Å². The Morgan fingerprint density at radius 1 is 0.765 bits per heavy atom. The Labute approximate surface area is 200 Å². The summed E-state index contributed by atoms with van der Waals surface area (Å²) < 4.78 is 27.2. The van der Waals surface area contributed by atoms with Crippen molar-refractivity contribution in [1.29, 1.82) is 0 Å². The van der Waals surface area contributed by atoms with Crippen LogP contribution in [0.15, 0.2) is 48.5 Å². The molecule has 0 spiro atoms. The second-order valence-electron chi connectivity index (χ2n) is 7.48. The molecular weight excluding hydrogens is 468 g/mol. The summed E-state index contributed by atoms with van der Waals surface area (Å²) in [6.07, 6.45) is -4.52. The van der Waals surface area contributed by atoms with Gasteiger partial charge in [0.15, 0.2) is 18.0 Å². The molecule has 1 aliphatic heterocycles. The minimum absolute atomic E-state index is 0.160. The Bertz CT molecular complexity index is 1050. The van der Waals surface area contributed by atoms with Gasteiger partial charge in [-0.05, 0) is 48.5 Å². The van der Waals surface area contributed by atoms with E-state index in [9.17, 15) is 19.2 Å². The molecule has 9 nitrogen and oxygen atoms in total. The van der Waals surface area contributed by atoms with Gasteiger partial charge in [-0.25, -0.2) is 0 Å². The van der Waals surface area contributed by atoms with Crippen molar-refractivity contribution in [2.75, 3.05) is 6.61 Å². The van der Waals surface area contributed by atoms with Crippen LogP contribution in [-0.4, -0.2) is 54.9 Å². The van der Waals surface area contributed by atoms with Crippen LogP contribution < -0.4 is 4.74 Å². The Morgan fingerprint density at radius 3 is 1.79 bits per heavy atom. The van der Waals surface area contributed by atoms with Gasteiger partial charge in [-0.1, -0.05) is 11.6 Å². The van der Waals surface area contributed by atoms with Gasteiger partial charge in [0.1, 0.15) is 5.75 Å². The lowest BCUT2D eigenvalue weighted by Crippen LogP contribution is -2.59. The van der Waals surface area contributed by atoms with E-state index in [2.05, 4.69) is 0 Å². The average molecular weight is 491 g/mol. The first-order valence-corrected chi connectivity index (χ1v) is 10.7. The number of ketones is 1. The van der Waals surface area contributed by atoms with Gasteiger partial charge >= 0.3 is 17.9 Å². The van der Waals surface area contributed by atoms with Gasteiger partial charge in [-0.3, -0.25) is 19.2 Å². The quantitative estimate of drug-likeness (QED) is 0.328. The molecule has 2 aromatic rings. The zero-order chi connectivity index (χ0) is 24.8. The number of hydrogen-bond donors (Lipinski definition) is 0. The van der Waals surface area contributed by atoms with E-state index in [-0.39, 0.29) is 12.4 Å². The van der Waals surface area contributed by atoms with Crippen LogP contribution in [0.3, 0.4) is 0 Å². The highest BCUT2D eigenvalue weighted by atomic mass is 35.5. The Balaban J connectivity index is 1.78. The molecule has 34 heavy (non-hydrogen) atoms. The smallest absolute Gasteiger partial charge is 0.303 e. The Kier molecular flexibility index (Phi) is 8.25. The third-order valence-electron chi connectivity index (χ3n) is 4.78. The molecule has 3 rings (SSSR count). The van der Waals surface area contributed by atoms with Gasteiger partial charge in [-0.15, -0.1) is 0 Å². The molecule has 180 valence electrons. The molecule has 1 aliphatic rings. The first-order valence-electron chi connectivity index (χ1n) is 10.3. The Hall–Kier alpha value is -3.43. The lowest BCUT2D eigenvalue weighted by Gasteiger charge is -2.40. The predicted molar refractivity (Wildman–Crippen MR) is 118 cm³/mol. The molecule has 10 heteroatoms. The van der Waals surface area contributed by atoms with Gasteiger partial charge in [0, 0.05) is 36.9 Å². The fraction of sp³-hybridized carbons (Fsp3) is 0.333. The lowest BCUT2D eigenvalue weighted by atomic mass is 10.0. The summed E-state index contributed by atoms with van der Waals surface area (Å²) >= 11 is 5.87. The van der Waals surface area contributed by atoms with Crippen LogP contribution in [0.1, 0.15) is 36.7 Å². The SMILES string of the molecule is CC(=O)O[C@@H]1[C@@H](OC(C)=O)[C@H](Oc2ccc(C(=O)c3ccc(Cl)cc3)cc2)OC[C@H]1OC(C)=O. The number of halogens is 1.